The summed E-state index contributed by atoms with van der Waals surface area (Å²) in [4.78, 5) is 8.82. The van der Waals surface area contributed by atoms with Gasteiger partial charge in [-0.05, 0) is 31.7 Å². The maximum Gasteiger partial charge on any atom is 0.270 e. The number of hydrogen-bond acceptors (Lipinski definition) is 5. The first-order valence-electron chi connectivity index (χ1n) is 11.2. The topological polar surface area (TPSA) is 100 Å². The average molecular weight is 445 g/mol. The second kappa shape index (κ2) is 15.3. The minimum absolute atomic E-state index is 0.420. The van der Waals surface area contributed by atoms with Crippen molar-refractivity contribution in [2.45, 2.75) is 84.0 Å². The van der Waals surface area contributed by atoms with Crippen molar-refractivity contribution in [1.29, 1.82) is 0 Å². The van der Waals surface area contributed by atoms with Crippen LogP contribution in [-0.4, -0.2) is 48.6 Å². The highest BCUT2D eigenvalue weighted by atomic mass is 32.2. The summed E-state index contributed by atoms with van der Waals surface area (Å²) in [5.74, 6) is 0. The lowest BCUT2D eigenvalue weighted by Crippen LogP contribution is -2.50. The molecule has 0 aliphatic heterocycles. The summed E-state index contributed by atoms with van der Waals surface area (Å²) in [7, 11) is -4.61. The zero-order valence-corrected chi connectivity index (χ0v) is 20.0. The van der Waals surface area contributed by atoms with Gasteiger partial charge in [0, 0.05) is 12.1 Å². The number of rotatable bonds is 14. The van der Waals surface area contributed by atoms with Gasteiger partial charge in [0.05, 0.1) is 36.0 Å². The molecular formula is C22H40N2O5S. The van der Waals surface area contributed by atoms with E-state index in [1.54, 1.807) is 0 Å². The van der Waals surface area contributed by atoms with Gasteiger partial charge in [-0.2, -0.15) is 0 Å². The van der Waals surface area contributed by atoms with Crippen molar-refractivity contribution in [3.63, 3.8) is 0 Å². The molecule has 0 aliphatic rings. The summed E-state index contributed by atoms with van der Waals surface area (Å²) >= 11 is 0. The van der Waals surface area contributed by atoms with Crippen LogP contribution in [0.1, 0.15) is 79.1 Å². The van der Waals surface area contributed by atoms with Crippen molar-refractivity contribution in [2.24, 2.45) is 0 Å². The van der Waals surface area contributed by atoms with Crippen LogP contribution < -0.4 is 0 Å². The molecular weight excluding hydrogens is 404 g/mol. The molecule has 0 N–H and O–H groups in total. The van der Waals surface area contributed by atoms with Crippen molar-refractivity contribution in [1.82, 2.24) is 0 Å². The number of non-ortho nitro benzene ring substituents is 1. The van der Waals surface area contributed by atoms with Crippen LogP contribution in [0.2, 0.25) is 0 Å². The van der Waals surface area contributed by atoms with Gasteiger partial charge in [0.15, 0.2) is 0 Å². The van der Waals surface area contributed by atoms with E-state index in [4.69, 9.17) is 0 Å². The molecule has 0 bridgehead atoms. The summed E-state index contributed by atoms with van der Waals surface area (Å²) in [5.41, 5.74) is -0.420. The Hall–Kier alpha value is -1.51. The summed E-state index contributed by atoms with van der Waals surface area (Å²) in [5, 5.41) is 10.2. The highest BCUT2D eigenvalue weighted by molar-refractivity contribution is 7.85. The van der Waals surface area contributed by atoms with Crippen LogP contribution in [0.4, 0.5) is 5.69 Å². The van der Waals surface area contributed by atoms with Crippen molar-refractivity contribution in [3.8, 4) is 0 Å². The first-order chi connectivity index (χ1) is 14.2. The number of nitro groups is 1. The first-order valence-corrected chi connectivity index (χ1v) is 12.6. The standard InChI is InChI=1S/C16H36N.C6H5NO5S/c1-5-9-13-17(14-10-6-2,15-11-7-3)16-12-8-4;8-7(9)5-2-1-3-6(4-5)13(10,11)12/h5-16H2,1-4H3;1-4H,(H,10,11,12)/q+1;/p-1. The fourth-order valence-corrected chi connectivity index (χ4v) is 3.91. The number of unbranched alkanes of at least 4 members (excludes halogenated alkanes) is 4. The Morgan fingerprint density at radius 3 is 1.53 bits per heavy atom. The smallest absolute Gasteiger partial charge is 0.270 e. The van der Waals surface area contributed by atoms with E-state index >= 15 is 0 Å². The van der Waals surface area contributed by atoms with Crippen LogP contribution in [-0.2, 0) is 10.1 Å². The Bertz CT molecular complexity index is 670. The molecule has 0 unspecified atom stereocenters. The zero-order chi connectivity index (χ0) is 23.0. The lowest BCUT2D eigenvalue weighted by atomic mass is 10.1. The molecule has 1 rings (SSSR count). The van der Waals surface area contributed by atoms with Crippen molar-refractivity contribution >= 4 is 15.8 Å². The zero-order valence-electron chi connectivity index (χ0n) is 19.1. The minimum atomic E-state index is -4.61. The van der Waals surface area contributed by atoms with Crippen molar-refractivity contribution in [2.75, 3.05) is 26.2 Å². The third kappa shape index (κ3) is 11.6. The summed E-state index contributed by atoms with van der Waals surface area (Å²) in [6.07, 6.45) is 11.1. The van der Waals surface area contributed by atoms with Gasteiger partial charge in [0.2, 0.25) is 0 Å². The predicted molar refractivity (Wildman–Crippen MR) is 120 cm³/mol. The average Bonchev–Trinajstić information content (AvgIpc) is 2.72. The minimum Gasteiger partial charge on any atom is -0.744 e. The number of nitrogens with zero attached hydrogens (tertiary/aromatic N) is 2. The summed E-state index contributed by atoms with van der Waals surface area (Å²) < 4.78 is 32.7. The lowest BCUT2D eigenvalue weighted by Gasteiger charge is -2.39. The normalized spacial score (nSPS) is 11.6. The Morgan fingerprint density at radius 2 is 1.23 bits per heavy atom. The summed E-state index contributed by atoms with van der Waals surface area (Å²) in [6, 6.07) is 3.98. The highest BCUT2D eigenvalue weighted by Gasteiger charge is 2.24. The van der Waals surface area contributed by atoms with Crippen LogP contribution >= 0.6 is 0 Å². The SMILES string of the molecule is CCCC[N+](CCCC)(CCCC)CCCC.O=[N+]([O-])c1cccc(S(=O)(=O)[O-])c1. The van der Waals surface area contributed by atoms with Crippen LogP contribution in [0.5, 0.6) is 0 Å². The Balaban J connectivity index is 0.000000579. The Morgan fingerprint density at radius 1 is 0.833 bits per heavy atom. The quantitative estimate of drug-likeness (QED) is 0.163. The van der Waals surface area contributed by atoms with Crippen LogP contribution in [0.15, 0.2) is 29.2 Å². The largest absolute Gasteiger partial charge is 0.744 e. The van der Waals surface area contributed by atoms with Gasteiger partial charge >= 0.3 is 0 Å². The molecule has 0 radical (unpaired) electrons. The molecule has 30 heavy (non-hydrogen) atoms. The lowest BCUT2D eigenvalue weighted by molar-refractivity contribution is -0.929. The third-order valence-electron chi connectivity index (χ3n) is 5.26. The molecule has 0 aromatic heterocycles. The van der Waals surface area contributed by atoms with Gasteiger partial charge in [-0.1, -0.05) is 59.4 Å². The molecule has 1 aromatic rings. The van der Waals surface area contributed by atoms with Crippen LogP contribution in [0, 0.1) is 10.1 Å². The van der Waals surface area contributed by atoms with Crippen LogP contribution in [0.3, 0.4) is 0 Å². The molecule has 8 heteroatoms. The molecule has 0 saturated carbocycles. The maximum absolute atomic E-state index is 10.4. The molecule has 174 valence electrons. The van der Waals surface area contributed by atoms with Crippen molar-refractivity contribution < 1.29 is 22.4 Å². The monoisotopic (exact) mass is 444 g/mol. The molecule has 0 heterocycles. The molecule has 7 nitrogen and oxygen atoms in total. The molecule has 0 amide bonds. The van der Waals surface area contributed by atoms with Gasteiger partial charge in [0.25, 0.3) is 5.69 Å². The number of nitro benzene ring substituents is 1. The first kappa shape index (κ1) is 28.5. The highest BCUT2D eigenvalue weighted by Crippen LogP contribution is 2.17. The van der Waals surface area contributed by atoms with E-state index in [0.29, 0.717) is 0 Å². The maximum atomic E-state index is 10.4. The van der Waals surface area contributed by atoms with Gasteiger partial charge in [-0.25, -0.2) is 8.42 Å². The van der Waals surface area contributed by atoms with E-state index in [-0.39, 0.29) is 0 Å². The predicted octanol–water partition coefficient (Wildman–Crippen LogP) is 5.50. The molecule has 0 fully saturated rings. The molecule has 0 spiro atoms. The molecule has 1 aromatic carbocycles. The second-order valence-electron chi connectivity index (χ2n) is 7.86. The fourth-order valence-electron chi connectivity index (χ4n) is 3.40. The van der Waals surface area contributed by atoms with E-state index in [9.17, 15) is 23.1 Å². The van der Waals surface area contributed by atoms with Gasteiger partial charge in [-0.15, -0.1) is 0 Å². The Kier molecular flexibility index (Phi) is 14.5. The van der Waals surface area contributed by atoms with E-state index in [1.165, 1.54) is 82.0 Å². The number of quaternary nitrogens is 1. The molecule has 0 aliphatic carbocycles. The van der Waals surface area contributed by atoms with E-state index < -0.39 is 25.6 Å². The van der Waals surface area contributed by atoms with E-state index in [2.05, 4.69) is 27.7 Å². The van der Waals surface area contributed by atoms with Crippen molar-refractivity contribution in [3.05, 3.63) is 34.4 Å². The third-order valence-corrected chi connectivity index (χ3v) is 6.09. The second-order valence-corrected chi connectivity index (χ2v) is 9.24. The Labute approximate surface area is 183 Å². The van der Waals surface area contributed by atoms with Crippen LogP contribution in [0.25, 0.3) is 0 Å². The van der Waals surface area contributed by atoms with Gasteiger partial charge < -0.3 is 9.04 Å². The van der Waals surface area contributed by atoms with Gasteiger partial charge in [0.1, 0.15) is 10.1 Å². The molecule has 0 atom stereocenters. The number of benzene rings is 1. The van der Waals surface area contributed by atoms with Gasteiger partial charge in [-0.3, -0.25) is 10.1 Å². The summed E-state index contributed by atoms with van der Waals surface area (Å²) in [6.45, 7) is 15.0. The molecule has 0 saturated heterocycles. The van der Waals surface area contributed by atoms with E-state index in [0.717, 1.165) is 24.3 Å². The number of hydrogen-bond donors (Lipinski definition) is 0. The fraction of sp³-hybridized carbons (Fsp3) is 0.727. The van der Waals surface area contributed by atoms with E-state index in [1.807, 2.05) is 0 Å².